The smallest absolute Gasteiger partial charge is 0.0813 e. The quantitative estimate of drug-likeness (QED) is 0.346. The highest BCUT2D eigenvalue weighted by Crippen LogP contribution is 2.35. The van der Waals surface area contributed by atoms with Gasteiger partial charge in [-0.25, -0.2) is 0 Å². The standard InChI is InChI=1S/C29H34N2O/c1-18(2)14-28(32)25-17-31(23-12-10-22(11-13-23)19(3)4)27-16-30-26(15-24(25)27)29-20(5)8-7-9-21(29)6/h7-13,15-19,28,32H,14H2,1-6H3. The van der Waals surface area contributed by atoms with E-state index in [0.717, 1.165) is 34.3 Å². The molecule has 1 N–H and O–H groups in total. The van der Waals surface area contributed by atoms with Crippen molar-refractivity contribution >= 4 is 10.9 Å². The maximum absolute atomic E-state index is 11.1. The van der Waals surface area contributed by atoms with Gasteiger partial charge in [0.1, 0.15) is 0 Å². The van der Waals surface area contributed by atoms with Crippen LogP contribution in [0, 0.1) is 19.8 Å². The maximum Gasteiger partial charge on any atom is 0.0813 e. The molecule has 4 aromatic rings. The molecule has 0 bridgehead atoms. The normalized spacial score (nSPS) is 12.8. The lowest BCUT2D eigenvalue weighted by molar-refractivity contribution is 0.152. The second-order valence-corrected chi connectivity index (χ2v) is 9.70. The third kappa shape index (κ3) is 4.22. The van der Waals surface area contributed by atoms with Crippen LogP contribution in [0.15, 0.2) is 60.9 Å². The summed E-state index contributed by atoms with van der Waals surface area (Å²) >= 11 is 0. The Bertz CT molecular complexity index is 1210. The second kappa shape index (κ2) is 8.91. The van der Waals surface area contributed by atoms with E-state index in [2.05, 4.69) is 101 Å². The minimum absolute atomic E-state index is 0.411. The summed E-state index contributed by atoms with van der Waals surface area (Å²) in [6, 6.07) is 17.2. The first-order valence-electron chi connectivity index (χ1n) is 11.6. The van der Waals surface area contributed by atoms with E-state index in [1.165, 1.54) is 22.3 Å². The summed E-state index contributed by atoms with van der Waals surface area (Å²) in [6.07, 6.45) is 4.27. The van der Waals surface area contributed by atoms with E-state index in [9.17, 15) is 5.11 Å². The molecule has 0 saturated carbocycles. The zero-order valence-electron chi connectivity index (χ0n) is 20.1. The SMILES string of the molecule is Cc1cccc(C)c1-c1cc2c(C(O)CC(C)C)cn(-c3ccc(C(C)C)cc3)c2cn1. The van der Waals surface area contributed by atoms with Crippen LogP contribution in [0.2, 0.25) is 0 Å². The first kappa shape index (κ1) is 22.3. The van der Waals surface area contributed by atoms with E-state index >= 15 is 0 Å². The fourth-order valence-electron chi connectivity index (χ4n) is 4.58. The van der Waals surface area contributed by atoms with Gasteiger partial charge in [0.05, 0.1) is 23.5 Å². The van der Waals surface area contributed by atoms with Crippen LogP contribution in [-0.2, 0) is 0 Å². The van der Waals surface area contributed by atoms with Gasteiger partial charge in [0.2, 0.25) is 0 Å². The summed E-state index contributed by atoms with van der Waals surface area (Å²) < 4.78 is 2.17. The minimum Gasteiger partial charge on any atom is -0.388 e. The average Bonchev–Trinajstić information content (AvgIpc) is 3.12. The molecule has 0 aliphatic heterocycles. The molecule has 32 heavy (non-hydrogen) atoms. The number of nitrogens with zero attached hydrogens (tertiary/aromatic N) is 2. The van der Waals surface area contributed by atoms with Crippen molar-refractivity contribution in [3.8, 4) is 16.9 Å². The molecular formula is C29H34N2O. The molecule has 166 valence electrons. The Morgan fingerprint density at radius 1 is 0.938 bits per heavy atom. The summed E-state index contributed by atoms with van der Waals surface area (Å²) in [4.78, 5) is 4.86. The number of aliphatic hydroxyl groups excluding tert-OH is 1. The van der Waals surface area contributed by atoms with Gasteiger partial charge in [-0.15, -0.1) is 0 Å². The first-order valence-corrected chi connectivity index (χ1v) is 11.6. The van der Waals surface area contributed by atoms with Crippen molar-refractivity contribution in [1.82, 2.24) is 9.55 Å². The van der Waals surface area contributed by atoms with Crippen LogP contribution in [0.4, 0.5) is 0 Å². The number of aryl methyl sites for hydroxylation is 2. The number of aromatic nitrogens is 2. The summed E-state index contributed by atoms with van der Waals surface area (Å²) in [7, 11) is 0. The fourth-order valence-corrected chi connectivity index (χ4v) is 4.58. The second-order valence-electron chi connectivity index (χ2n) is 9.70. The van der Waals surface area contributed by atoms with Crippen LogP contribution in [0.3, 0.4) is 0 Å². The van der Waals surface area contributed by atoms with Crippen molar-refractivity contribution < 1.29 is 5.11 Å². The van der Waals surface area contributed by atoms with E-state index in [1.807, 2.05) is 6.20 Å². The van der Waals surface area contributed by atoms with Crippen LogP contribution in [0.5, 0.6) is 0 Å². The third-order valence-corrected chi connectivity index (χ3v) is 6.35. The van der Waals surface area contributed by atoms with Crippen LogP contribution in [-0.4, -0.2) is 14.7 Å². The molecule has 3 nitrogen and oxygen atoms in total. The van der Waals surface area contributed by atoms with Crippen LogP contribution in [0.25, 0.3) is 27.8 Å². The molecule has 0 aliphatic carbocycles. The Morgan fingerprint density at radius 2 is 1.59 bits per heavy atom. The molecule has 2 aromatic heterocycles. The van der Waals surface area contributed by atoms with Gasteiger partial charge in [-0.3, -0.25) is 4.98 Å². The van der Waals surface area contributed by atoms with Gasteiger partial charge in [-0.2, -0.15) is 0 Å². The summed E-state index contributed by atoms with van der Waals surface area (Å²) in [6.45, 7) is 13.0. The molecule has 3 heteroatoms. The van der Waals surface area contributed by atoms with Crippen molar-refractivity contribution in [1.29, 1.82) is 0 Å². The van der Waals surface area contributed by atoms with E-state index in [4.69, 9.17) is 4.98 Å². The summed E-state index contributed by atoms with van der Waals surface area (Å²) in [5.74, 6) is 0.907. The molecule has 0 saturated heterocycles. The Hall–Kier alpha value is -2.91. The number of rotatable bonds is 6. The van der Waals surface area contributed by atoms with Crippen molar-refractivity contribution in [2.75, 3.05) is 0 Å². The molecule has 0 spiro atoms. The van der Waals surface area contributed by atoms with Crippen molar-refractivity contribution in [3.63, 3.8) is 0 Å². The molecule has 1 unspecified atom stereocenters. The average molecular weight is 427 g/mol. The number of hydrogen-bond acceptors (Lipinski definition) is 2. The Balaban J connectivity index is 1.90. The largest absolute Gasteiger partial charge is 0.388 e. The third-order valence-electron chi connectivity index (χ3n) is 6.35. The summed E-state index contributed by atoms with van der Waals surface area (Å²) in [5, 5.41) is 12.2. The molecule has 1 atom stereocenters. The highest BCUT2D eigenvalue weighted by atomic mass is 16.3. The monoisotopic (exact) mass is 426 g/mol. The lowest BCUT2D eigenvalue weighted by Gasteiger charge is -2.13. The molecule has 0 radical (unpaired) electrons. The van der Waals surface area contributed by atoms with Gasteiger partial charge in [0.25, 0.3) is 0 Å². The lowest BCUT2D eigenvalue weighted by atomic mass is 9.96. The molecule has 2 aromatic carbocycles. The van der Waals surface area contributed by atoms with E-state index < -0.39 is 6.10 Å². The molecule has 0 aliphatic rings. The van der Waals surface area contributed by atoms with E-state index in [0.29, 0.717) is 11.8 Å². The zero-order chi connectivity index (χ0) is 23.0. The van der Waals surface area contributed by atoms with Gasteiger partial charge in [0, 0.05) is 28.4 Å². The van der Waals surface area contributed by atoms with Gasteiger partial charge in [0.15, 0.2) is 0 Å². The van der Waals surface area contributed by atoms with Gasteiger partial charge < -0.3 is 9.67 Å². The van der Waals surface area contributed by atoms with Crippen molar-refractivity contribution in [2.24, 2.45) is 5.92 Å². The topological polar surface area (TPSA) is 38.0 Å². The number of benzene rings is 2. The molecule has 4 rings (SSSR count). The number of aliphatic hydroxyl groups is 1. The number of fused-ring (bicyclic) bond motifs is 1. The zero-order valence-corrected chi connectivity index (χ0v) is 20.1. The lowest BCUT2D eigenvalue weighted by Crippen LogP contribution is -2.01. The summed E-state index contributed by atoms with van der Waals surface area (Å²) in [5.41, 5.74) is 8.96. The highest BCUT2D eigenvalue weighted by Gasteiger charge is 2.20. The van der Waals surface area contributed by atoms with Crippen molar-refractivity contribution in [3.05, 3.63) is 83.2 Å². The number of pyridine rings is 1. The van der Waals surface area contributed by atoms with Crippen LogP contribution in [0.1, 0.15) is 68.4 Å². The Labute approximate surface area is 191 Å². The maximum atomic E-state index is 11.1. The minimum atomic E-state index is -0.512. The van der Waals surface area contributed by atoms with E-state index in [-0.39, 0.29) is 0 Å². The molecular weight excluding hydrogens is 392 g/mol. The highest BCUT2D eigenvalue weighted by molar-refractivity contribution is 5.89. The van der Waals surface area contributed by atoms with Crippen LogP contribution >= 0.6 is 0 Å². The molecule has 0 fully saturated rings. The predicted octanol–water partition coefficient (Wildman–Crippen LogP) is 7.51. The Morgan fingerprint density at radius 3 is 2.19 bits per heavy atom. The van der Waals surface area contributed by atoms with Gasteiger partial charge >= 0.3 is 0 Å². The number of hydrogen-bond donors (Lipinski definition) is 1. The van der Waals surface area contributed by atoms with Crippen molar-refractivity contribution in [2.45, 2.75) is 60.0 Å². The van der Waals surface area contributed by atoms with Gasteiger partial charge in [-0.05, 0) is 67.0 Å². The Kier molecular flexibility index (Phi) is 6.21. The van der Waals surface area contributed by atoms with Gasteiger partial charge in [-0.1, -0.05) is 58.0 Å². The van der Waals surface area contributed by atoms with E-state index in [1.54, 1.807) is 0 Å². The first-order chi connectivity index (χ1) is 15.3. The molecule has 2 heterocycles. The predicted molar refractivity (Wildman–Crippen MR) is 134 cm³/mol. The van der Waals surface area contributed by atoms with Crippen LogP contribution < -0.4 is 0 Å². The molecule has 0 amide bonds. The fraction of sp³-hybridized carbons (Fsp3) is 0.345.